The zero-order chi connectivity index (χ0) is 7.28. The first-order valence-electron chi connectivity index (χ1n) is 2.64. The largest absolute Gasteiger partial charge is 0.115 e. The number of halogens is 1. The Balaban J connectivity index is 4.11. The molecule has 0 atom stereocenters. The van der Waals surface area contributed by atoms with Gasteiger partial charge in [-0.1, -0.05) is 17.5 Å². The lowest BCUT2D eigenvalue weighted by atomic mass is 10.3. The lowest BCUT2D eigenvalue weighted by Crippen LogP contribution is -1.68. The topological polar surface area (TPSA) is 0 Å². The van der Waals surface area contributed by atoms with Gasteiger partial charge in [0.15, 0.2) is 0 Å². The van der Waals surface area contributed by atoms with Crippen LogP contribution >= 0.6 is 11.6 Å². The fraction of sp³-hybridized carbons (Fsp3) is 0.250. The predicted molar refractivity (Wildman–Crippen MR) is 42.2 cm³/mol. The molecule has 0 nitrogen and oxygen atoms in total. The molecule has 0 aromatic carbocycles. The lowest BCUT2D eigenvalue weighted by Gasteiger charge is -1.89. The van der Waals surface area contributed by atoms with E-state index in [2.05, 4.69) is 5.92 Å². The third kappa shape index (κ3) is 3.88. The van der Waals surface area contributed by atoms with Gasteiger partial charge in [0, 0.05) is 5.03 Å². The van der Waals surface area contributed by atoms with Gasteiger partial charge in [-0.05, 0) is 31.6 Å². The molecule has 9 heavy (non-hydrogen) atoms. The summed E-state index contributed by atoms with van der Waals surface area (Å²) in [5, 5.41) is 0.779. The molecule has 0 aliphatic carbocycles. The summed E-state index contributed by atoms with van der Waals surface area (Å²) in [7, 11) is 0. The second kappa shape index (κ2) is 4.23. The summed E-state index contributed by atoms with van der Waals surface area (Å²) in [5.74, 6) is 2.38. The molecule has 0 aromatic rings. The Bertz CT molecular complexity index is 175. The van der Waals surface area contributed by atoms with E-state index >= 15 is 0 Å². The Morgan fingerprint density at radius 2 is 2.11 bits per heavy atom. The maximum Gasteiger partial charge on any atom is 0.0179 e. The van der Waals surface area contributed by atoms with Crippen LogP contribution in [0.1, 0.15) is 13.8 Å². The summed E-state index contributed by atoms with van der Waals surface area (Å²) >= 11 is 5.62. The molecular formula is C8H9Cl. The van der Waals surface area contributed by atoms with Gasteiger partial charge >= 0.3 is 0 Å². The van der Waals surface area contributed by atoms with Crippen molar-refractivity contribution in [2.75, 3.05) is 0 Å². The van der Waals surface area contributed by atoms with E-state index in [1.165, 1.54) is 0 Å². The fourth-order valence-electron chi connectivity index (χ4n) is 0.288. The first-order valence-corrected chi connectivity index (χ1v) is 3.02. The van der Waals surface area contributed by atoms with Crippen molar-refractivity contribution in [3.63, 3.8) is 0 Å². The van der Waals surface area contributed by atoms with E-state index in [1.807, 2.05) is 19.9 Å². The molecule has 1 heteroatoms. The number of terminal acetylenes is 1. The van der Waals surface area contributed by atoms with Gasteiger partial charge < -0.3 is 0 Å². The van der Waals surface area contributed by atoms with Crippen LogP contribution in [0.3, 0.4) is 0 Å². The molecule has 0 heterocycles. The highest BCUT2D eigenvalue weighted by atomic mass is 35.5. The Labute approximate surface area is 61.2 Å². The summed E-state index contributed by atoms with van der Waals surface area (Å²) < 4.78 is 0. The maximum atomic E-state index is 5.62. The van der Waals surface area contributed by atoms with Gasteiger partial charge in [0.25, 0.3) is 0 Å². The fourth-order valence-corrected chi connectivity index (χ4v) is 0.351. The minimum Gasteiger partial charge on any atom is -0.115 e. The quantitative estimate of drug-likeness (QED) is 0.388. The Morgan fingerprint density at radius 1 is 1.56 bits per heavy atom. The smallest absolute Gasteiger partial charge is 0.0179 e. The first kappa shape index (κ1) is 8.33. The molecule has 0 saturated carbocycles. The number of hydrogen-bond acceptors (Lipinski definition) is 0. The average Bonchev–Trinajstić information content (AvgIpc) is 1.82. The Kier molecular flexibility index (Phi) is 3.92. The maximum absolute atomic E-state index is 5.62. The minimum atomic E-state index is 0.779. The van der Waals surface area contributed by atoms with Crippen LogP contribution in [0.25, 0.3) is 0 Å². The van der Waals surface area contributed by atoms with Crippen molar-refractivity contribution in [2.45, 2.75) is 13.8 Å². The first-order chi connectivity index (χ1) is 4.18. The van der Waals surface area contributed by atoms with E-state index in [0.717, 1.165) is 10.6 Å². The van der Waals surface area contributed by atoms with E-state index in [-0.39, 0.29) is 0 Å². The van der Waals surface area contributed by atoms with Gasteiger partial charge in [-0.15, -0.1) is 6.42 Å². The standard InChI is InChI=1S/C8H9Cl/c1-4-5-6-7(2)8(3)9/h1,5-6H,2-3H3/b6-5-,8-7+. The van der Waals surface area contributed by atoms with Crippen LogP contribution in [0, 0.1) is 12.3 Å². The number of hydrogen-bond donors (Lipinski definition) is 0. The van der Waals surface area contributed by atoms with E-state index < -0.39 is 0 Å². The number of allylic oxidation sites excluding steroid dienone is 4. The summed E-state index contributed by atoms with van der Waals surface area (Å²) in [6.45, 7) is 3.74. The molecule has 0 unspecified atom stereocenters. The molecule has 0 N–H and O–H groups in total. The molecule has 48 valence electrons. The van der Waals surface area contributed by atoms with Crippen molar-refractivity contribution in [3.05, 3.63) is 22.8 Å². The van der Waals surface area contributed by atoms with Crippen LogP contribution in [0.4, 0.5) is 0 Å². The molecule has 0 fully saturated rings. The molecule has 0 amide bonds. The Morgan fingerprint density at radius 3 is 2.44 bits per heavy atom. The normalized spacial score (nSPS) is 13.1. The average molecular weight is 141 g/mol. The van der Waals surface area contributed by atoms with Gasteiger partial charge in [-0.2, -0.15) is 0 Å². The molecule has 0 aliphatic heterocycles. The van der Waals surface area contributed by atoms with Crippen LogP contribution in [0.15, 0.2) is 22.8 Å². The van der Waals surface area contributed by atoms with E-state index in [1.54, 1.807) is 6.08 Å². The predicted octanol–water partition coefficient (Wildman–Crippen LogP) is 2.71. The van der Waals surface area contributed by atoms with Crippen molar-refractivity contribution < 1.29 is 0 Å². The molecular weight excluding hydrogens is 132 g/mol. The molecule has 0 aliphatic rings. The summed E-state index contributed by atoms with van der Waals surface area (Å²) in [6.07, 6.45) is 8.41. The highest BCUT2D eigenvalue weighted by Crippen LogP contribution is 2.07. The van der Waals surface area contributed by atoms with Crippen molar-refractivity contribution in [1.29, 1.82) is 0 Å². The third-order valence-corrected chi connectivity index (χ3v) is 1.27. The third-order valence-electron chi connectivity index (χ3n) is 0.973. The van der Waals surface area contributed by atoms with Crippen molar-refractivity contribution in [2.24, 2.45) is 0 Å². The molecule has 0 rings (SSSR count). The van der Waals surface area contributed by atoms with E-state index in [4.69, 9.17) is 18.0 Å². The second-order valence-electron chi connectivity index (χ2n) is 1.72. The van der Waals surface area contributed by atoms with Crippen molar-refractivity contribution >= 4 is 11.6 Å². The van der Waals surface area contributed by atoms with Crippen LogP contribution in [-0.4, -0.2) is 0 Å². The van der Waals surface area contributed by atoms with Gasteiger partial charge in [0.05, 0.1) is 0 Å². The molecule has 0 spiro atoms. The van der Waals surface area contributed by atoms with Gasteiger partial charge in [0.1, 0.15) is 0 Å². The van der Waals surface area contributed by atoms with Crippen molar-refractivity contribution in [1.82, 2.24) is 0 Å². The zero-order valence-electron chi connectivity index (χ0n) is 5.61. The van der Waals surface area contributed by atoms with E-state index in [0.29, 0.717) is 0 Å². The van der Waals surface area contributed by atoms with Crippen molar-refractivity contribution in [3.8, 4) is 12.3 Å². The zero-order valence-corrected chi connectivity index (χ0v) is 6.37. The van der Waals surface area contributed by atoms with Crippen LogP contribution in [0.5, 0.6) is 0 Å². The van der Waals surface area contributed by atoms with Gasteiger partial charge in [-0.25, -0.2) is 0 Å². The lowest BCUT2D eigenvalue weighted by molar-refractivity contribution is 1.45. The molecule has 0 radical (unpaired) electrons. The summed E-state index contributed by atoms with van der Waals surface area (Å²) in [4.78, 5) is 0. The van der Waals surface area contributed by atoms with Crippen LogP contribution in [-0.2, 0) is 0 Å². The molecule has 0 bridgehead atoms. The Hall–Kier alpha value is -0.670. The molecule has 0 aromatic heterocycles. The van der Waals surface area contributed by atoms with E-state index in [9.17, 15) is 0 Å². The highest BCUT2D eigenvalue weighted by Gasteiger charge is 1.84. The second-order valence-corrected chi connectivity index (χ2v) is 2.28. The molecule has 0 saturated heterocycles. The minimum absolute atomic E-state index is 0.779. The van der Waals surface area contributed by atoms with Crippen LogP contribution < -0.4 is 0 Å². The SMILES string of the molecule is C#C/C=C\C(C)=C(/C)Cl. The number of rotatable bonds is 1. The summed E-state index contributed by atoms with van der Waals surface area (Å²) in [6, 6.07) is 0. The highest BCUT2D eigenvalue weighted by molar-refractivity contribution is 6.29. The van der Waals surface area contributed by atoms with Crippen LogP contribution in [0.2, 0.25) is 0 Å². The monoisotopic (exact) mass is 140 g/mol. The van der Waals surface area contributed by atoms with Gasteiger partial charge in [0.2, 0.25) is 0 Å². The summed E-state index contributed by atoms with van der Waals surface area (Å²) in [5.41, 5.74) is 1.01. The van der Waals surface area contributed by atoms with Gasteiger partial charge in [-0.3, -0.25) is 0 Å².